The van der Waals surface area contributed by atoms with Crippen molar-refractivity contribution in [1.29, 1.82) is 0 Å². The number of carboxylic acids is 1. The third kappa shape index (κ3) is 5.45. The molecule has 1 amide bonds. The maximum absolute atomic E-state index is 12.3. The molecule has 0 aromatic heterocycles. The molecule has 0 aliphatic heterocycles. The van der Waals surface area contributed by atoms with Crippen LogP contribution in [0.4, 0.5) is 0 Å². The largest absolute Gasteiger partial charge is 0.497 e. The van der Waals surface area contributed by atoms with Crippen LogP contribution in [-0.4, -0.2) is 29.6 Å². The van der Waals surface area contributed by atoms with Gasteiger partial charge in [-0.1, -0.05) is 12.1 Å². The number of amides is 1. The van der Waals surface area contributed by atoms with Gasteiger partial charge in [-0.25, -0.2) is 0 Å². The van der Waals surface area contributed by atoms with Gasteiger partial charge in [-0.3, -0.25) is 9.59 Å². The standard InChI is InChI=1S/C16H23NO4/c1-11(12-6-5-7-13(10-12)21-4)15(20)17-16(2,3)9-8-14(18)19/h5-7,10-11H,8-9H2,1-4H3,(H,17,20)(H,18,19). The number of carbonyl (C=O) groups excluding carboxylic acids is 1. The molecule has 2 N–H and O–H groups in total. The molecule has 1 rings (SSSR count). The van der Waals surface area contributed by atoms with Gasteiger partial charge in [-0.05, 0) is 44.9 Å². The molecule has 0 saturated heterocycles. The van der Waals surface area contributed by atoms with E-state index < -0.39 is 11.5 Å². The Hall–Kier alpha value is -2.04. The van der Waals surface area contributed by atoms with Crippen molar-refractivity contribution in [2.24, 2.45) is 0 Å². The van der Waals surface area contributed by atoms with Crippen molar-refractivity contribution in [3.05, 3.63) is 29.8 Å². The Morgan fingerprint density at radius 1 is 1.38 bits per heavy atom. The third-order valence-corrected chi connectivity index (χ3v) is 3.41. The van der Waals surface area contributed by atoms with E-state index in [4.69, 9.17) is 9.84 Å². The van der Waals surface area contributed by atoms with Gasteiger partial charge in [-0.15, -0.1) is 0 Å². The molecule has 0 spiro atoms. The van der Waals surface area contributed by atoms with Crippen LogP contribution < -0.4 is 10.1 Å². The van der Waals surface area contributed by atoms with E-state index in [1.807, 2.05) is 45.0 Å². The van der Waals surface area contributed by atoms with Crippen LogP contribution in [0.25, 0.3) is 0 Å². The predicted octanol–water partition coefficient (Wildman–Crippen LogP) is 2.56. The molecule has 1 aromatic carbocycles. The van der Waals surface area contributed by atoms with Gasteiger partial charge in [0.05, 0.1) is 13.0 Å². The first-order chi connectivity index (χ1) is 9.75. The summed E-state index contributed by atoms with van der Waals surface area (Å²) in [6.45, 7) is 5.47. The van der Waals surface area contributed by atoms with E-state index >= 15 is 0 Å². The highest BCUT2D eigenvalue weighted by atomic mass is 16.5. The Kier molecular flexibility index (Phi) is 5.76. The van der Waals surface area contributed by atoms with Gasteiger partial charge in [-0.2, -0.15) is 0 Å². The quantitative estimate of drug-likeness (QED) is 0.810. The van der Waals surface area contributed by atoms with Gasteiger partial charge < -0.3 is 15.2 Å². The number of aliphatic carboxylic acids is 1. The summed E-state index contributed by atoms with van der Waals surface area (Å²) in [7, 11) is 1.58. The summed E-state index contributed by atoms with van der Waals surface area (Å²) in [5, 5.41) is 11.6. The molecule has 0 bridgehead atoms. The fourth-order valence-electron chi connectivity index (χ4n) is 1.99. The summed E-state index contributed by atoms with van der Waals surface area (Å²) >= 11 is 0. The Labute approximate surface area is 125 Å². The Balaban J connectivity index is 2.71. The second-order valence-electron chi connectivity index (χ2n) is 5.77. The minimum atomic E-state index is -0.863. The lowest BCUT2D eigenvalue weighted by molar-refractivity contribution is -0.137. The number of hydrogen-bond donors (Lipinski definition) is 2. The first-order valence-corrected chi connectivity index (χ1v) is 6.93. The molecule has 0 aliphatic carbocycles. The number of rotatable bonds is 7. The number of methoxy groups -OCH3 is 1. The molecule has 5 nitrogen and oxygen atoms in total. The average Bonchev–Trinajstić information content (AvgIpc) is 2.44. The molecule has 116 valence electrons. The van der Waals surface area contributed by atoms with Crippen LogP contribution in [0.3, 0.4) is 0 Å². The number of ether oxygens (including phenoxy) is 1. The van der Waals surface area contributed by atoms with Crippen molar-refractivity contribution >= 4 is 11.9 Å². The molecule has 0 radical (unpaired) electrons. The van der Waals surface area contributed by atoms with Crippen molar-refractivity contribution in [3.8, 4) is 5.75 Å². The van der Waals surface area contributed by atoms with Crippen molar-refractivity contribution < 1.29 is 19.4 Å². The highest BCUT2D eigenvalue weighted by molar-refractivity contribution is 5.84. The highest BCUT2D eigenvalue weighted by Crippen LogP contribution is 2.22. The van der Waals surface area contributed by atoms with E-state index in [2.05, 4.69) is 5.32 Å². The van der Waals surface area contributed by atoms with Crippen LogP contribution >= 0.6 is 0 Å². The van der Waals surface area contributed by atoms with E-state index in [0.29, 0.717) is 12.2 Å². The van der Waals surface area contributed by atoms with Gasteiger partial charge in [0.1, 0.15) is 5.75 Å². The van der Waals surface area contributed by atoms with E-state index in [-0.39, 0.29) is 18.2 Å². The van der Waals surface area contributed by atoms with E-state index in [0.717, 1.165) is 5.56 Å². The molecule has 1 atom stereocenters. The molecule has 1 aromatic rings. The van der Waals surface area contributed by atoms with E-state index in [1.54, 1.807) is 7.11 Å². The van der Waals surface area contributed by atoms with Gasteiger partial charge >= 0.3 is 5.97 Å². The number of carboxylic acid groups (broad SMARTS) is 1. The molecule has 1 unspecified atom stereocenters. The third-order valence-electron chi connectivity index (χ3n) is 3.41. The van der Waals surface area contributed by atoms with Crippen molar-refractivity contribution in [2.75, 3.05) is 7.11 Å². The highest BCUT2D eigenvalue weighted by Gasteiger charge is 2.25. The zero-order valence-corrected chi connectivity index (χ0v) is 13.0. The summed E-state index contributed by atoms with van der Waals surface area (Å²) in [4.78, 5) is 22.9. The van der Waals surface area contributed by atoms with Crippen LogP contribution in [0.2, 0.25) is 0 Å². The number of nitrogens with one attached hydrogen (secondary N) is 1. The first kappa shape index (κ1) is 17.0. The molecule has 5 heteroatoms. The lowest BCUT2D eigenvalue weighted by Crippen LogP contribution is -2.45. The molecular formula is C16H23NO4. The minimum Gasteiger partial charge on any atom is -0.497 e. The molecular weight excluding hydrogens is 270 g/mol. The number of hydrogen-bond acceptors (Lipinski definition) is 3. The normalized spacial score (nSPS) is 12.6. The van der Waals surface area contributed by atoms with E-state index in [9.17, 15) is 9.59 Å². The van der Waals surface area contributed by atoms with Crippen LogP contribution in [0, 0.1) is 0 Å². The molecule has 0 fully saturated rings. The monoisotopic (exact) mass is 293 g/mol. The second-order valence-corrected chi connectivity index (χ2v) is 5.77. The average molecular weight is 293 g/mol. The van der Waals surface area contributed by atoms with Crippen molar-refractivity contribution in [2.45, 2.75) is 45.1 Å². The Morgan fingerprint density at radius 2 is 2.05 bits per heavy atom. The Morgan fingerprint density at radius 3 is 2.62 bits per heavy atom. The van der Waals surface area contributed by atoms with Crippen LogP contribution in [0.5, 0.6) is 5.75 Å². The lowest BCUT2D eigenvalue weighted by Gasteiger charge is -2.27. The topological polar surface area (TPSA) is 75.6 Å². The smallest absolute Gasteiger partial charge is 0.303 e. The predicted molar refractivity (Wildman–Crippen MR) is 80.5 cm³/mol. The zero-order chi connectivity index (χ0) is 16.0. The van der Waals surface area contributed by atoms with Gasteiger partial charge in [0.2, 0.25) is 5.91 Å². The summed E-state index contributed by atoms with van der Waals surface area (Å²) in [6.07, 6.45) is 0.416. The molecule has 21 heavy (non-hydrogen) atoms. The molecule has 0 aliphatic rings. The summed E-state index contributed by atoms with van der Waals surface area (Å²) in [5.74, 6) is -0.613. The number of benzene rings is 1. The van der Waals surface area contributed by atoms with Crippen LogP contribution in [-0.2, 0) is 9.59 Å². The fourth-order valence-corrected chi connectivity index (χ4v) is 1.99. The summed E-state index contributed by atoms with van der Waals surface area (Å²) < 4.78 is 5.15. The van der Waals surface area contributed by atoms with Gasteiger partial charge in [0, 0.05) is 12.0 Å². The molecule has 0 heterocycles. The maximum Gasteiger partial charge on any atom is 0.303 e. The maximum atomic E-state index is 12.3. The molecule has 0 saturated carbocycles. The summed E-state index contributed by atoms with van der Waals surface area (Å²) in [6, 6.07) is 7.37. The van der Waals surface area contributed by atoms with Crippen LogP contribution in [0.1, 0.15) is 45.1 Å². The first-order valence-electron chi connectivity index (χ1n) is 6.93. The van der Waals surface area contributed by atoms with Crippen molar-refractivity contribution in [3.63, 3.8) is 0 Å². The second kappa shape index (κ2) is 7.11. The SMILES string of the molecule is COc1cccc(C(C)C(=O)NC(C)(C)CCC(=O)O)c1. The van der Waals surface area contributed by atoms with Gasteiger partial charge in [0.25, 0.3) is 0 Å². The zero-order valence-electron chi connectivity index (χ0n) is 13.0. The summed E-state index contributed by atoms with van der Waals surface area (Å²) in [5.41, 5.74) is 0.309. The van der Waals surface area contributed by atoms with Crippen LogP contribution in [0.15, 0.2) is 24.3 Å². The Bertz CT molecular complexity index is 511. The number of carbonyl (C=O) groups is 2. The van der Waals surface area contributed by atoms with E-state index in [1.165, 1.54) is 0 Å². The van der Waals surface area contributed by atoms with Crippen molar-refractivity contribution in [1.82, 2.24) is 5.32 Å². The minimum absolute atomic E-state index is 0.0286. The fraction of sp³-hybridized carbons (Fsp3) is 0.500. The van der Waals surface area contributed by atoms with Gasteiger partial charge in [0.15, 0.2) is 0 Å². The lowest BCUT2D eigenvalue weighted by atomic mass is 9.95.